The van der Waals surface area contributed by atoms with E-state index in [9.17, 15) is 0 Å². The predicted octanol–water partition coefficient (Wildman–Crippen LogP) is 12.2. The van der Waals surface area contributed by atoms with Crippen LogP contribution in [0.25, 0.3) is 69.9 Å². The van der Waals surface area contributed by atoms with E-state index in [1.165, 1.54) is 64.2 Å². The molecular weight excluding hydrogens is 565 g/mol. The molecule has 9 rings (SSSR count). The molecule has 0 bridgehead atoms. The summed E-state index contributed by atoms with van der Waals surface area (Å²) in [6.45, 7) is 0. The van der Waals surface area contributed by atoms with Crippen molar-refractivity contribution in [2.45, 2.75) is 0 Å². The van der Waals surface area contributed by atoms with E-state index in [2.05, 4.69) is 174 Å². The SMILES string of the molecule is c1ccc(Nc2cc3c(cc2-c2cccc4sc5ccccc5c24)c2ccccc2n3-c2cccc(-c3ccccc3)c2)cc1. The molecule has 2 nitrogen and oxygen atoms in total. The minimum absolute atomic E-state index is 1.06. The van der Waals surface area contributed by atoms with Crippen molar-refractivity contribution in [3.8, 4) is 27.9 Å². The molecule has 9 aromatic rings. The third-order valence-electron chi connectivity index (χ3n) is 8.77. The number of rotatable bonds is 5. The lowest BCUT2D eigenvalue weighted by Gasteiger charge is -2.16. The van der Waals surface area contributed by atoms with Crippen LogP contribution in [0.1, 0.15) is 0 Å². The average Bonchev–Trinajstić information content (AvgIpc) is 3.64. The molecule has 0 fully saturated rings. The second-order valence-electron chi connectivity index (χ2n) is 11.5. The number of hydrogen-bond acceptors (Lipinski definition) is 2. The van der Waals surface area contributed by atoms with Gasteiger partial charge in [-0.2, -0.15) is 0 Å². The zero-order valence-corrected chi connectivity index (χ0v) is 25.3. The number of anilines is 2. The maximum absolute atomic E-state index is 3.82. The van der Waals surface area contributed by atoms with Gasteiger partial charge in [0.15, 0.2) is 0 Å². The number of para-hydroxylation sites is 2. The van der Waals surface area contributed by atoms with Crippen LogP contribution in [0.4, 0.5) is 11.4 Å². The fraction of sp³-hybridized carbons (Fsp3) is 0. The van der Waals surface area contributed by atoms with Crippen LogP contribution in [-0.2, 0) is 0 Å². The zero-order chi connectivity index (χ0) is 29.7. The third-order valence-corrected chi connectivity index (χ3v) is 9.90. The molecule has 2 aromatic heterocycles. The Labute approximate surface area is 265 Å². The standard InChI is InChI=1S/C42H28N2S/c1-3-13-28(14-4-1)29-15-11-18-31(25-29)44-38-22-9-7-19-32(38)36-26-35(37(27-39(36)44)43-30-16-5-2-6-17-30)33-21-12-24-41-42(33)34-20-8-10-23-40(34)45-41/h1-27,43H. The van der Waals surface area contributed by atoms with Gasteiger partial charge in [-0.05, 0) is 71.3 Å². The first-order chi connectivity index (χ1) is 22.3. The lowest BCUT2D eigenvalue weighted by atomic mass is 9.96. The van der Waals surface area contributed by atoms with Crippen molar-refractivity contribution in [3.63, 3.8) is 0 Å². The van der Waals surface area contributed by atoms with Gasteiger partial charge < -0.3 is 9.88 Å². The summed E-state index contributed by atoms with van der Waals surface area (Å²) in [4.78, 5) is 0. The zero-order valence-electron chi connectivity index (χ0n) is 24.4. The molecule has 0 atom stereocenters. The van der Waals surface area contributed by atoms with Crippen LogP contribution in [0.15, 0.2) is 164 Å². The molecule has 0 spiro atoms. The number of hydrogen-bond donors (Lipinski definition) is 1. The summed E-state index contributed by atoms with van der Waals surface area (Å²) in [5.74, 6) is 0. The molecule has 212 valence electrons. The maximum Gasteiger partial charge on any atom is 0.0562 e. The highest BCUT2D eigenvalue weighted by atomic mass is 32.1. The normalized spacial score (nSPS) is 11.6. The van der Waals surface area contributed by atoms with Crippen molar-refractivity contribution in [3.05, 3.63) is 164 Å². The number of nitrogens with zero attached hydrogens (tertiary/aromatic N) is 1. The fourth-order valence-corrected chi connectivity index (χ4v) is 7.88. The Kier molecular flexibility index (Phi) is 6.03. The van der Waals surface area contributed by atoms with Crippen molar-refractivity contribution in [2.75, 3.05) is 5.32 Å². The molecule has 45 heavy (non-hydrogen) atoms. The number of fused-ring (bicyclic) bond motifs is 6. The Morgan fingerprint density at radius 3 is 2.00 bits per heavy atom. The third kappa shape index (κ3) is 4.32. The second-order valence-corrected chi connectivity index (χ2v) is 12.5. The fourth-order valence-electron chi connectivity index (χ4n) is 6.75. The van der Waals surface area contributed by atoms with E-state index in [-0.39, 0.29) is 0 Å². The number of nitrogens with one attached hydrogen (secondary N) is 1. The van der Waals surface area contributed by atoms with Crippen LogP contribution in [-0.4, -0.2) is 4.57 Å². The summed E-state index contributed by atoms with van der Waals surface area (Å²) in [6.07, 6.45) is 0. The van der Waals surface area contributed by atoms with E-state index >= 15 is 0 Å². The summed E-state index contributed by atoms with van der Waals surface area (Å²) in [7, 11) is 0. The van der Waals surface area contributed by atoms with Gasteiger partial charge in [-0.3, -0.25) is 0 Å². The highest BCUT2D eigenvalue weighted by molar-refractivity contribution is 7.25. The Morgan fingerprint density at radius 1 is 0.444 bits per heavy atom. The quantitative estimate of drug-likeness (QED) is 0.210. The van der Waals surface area contributed by atoms with Crippen molar-refractivity contribution in [1.29, 1.82) is 0 Å². The van der Waals surface area contributed by atoms with Gasteiger partial charge in [0.1, 0.15) is 0 Å². The van der Waals surface area contributed by atoms with Crippen molar-refractivity contribution in [1.82, 2.24) is 4.57 Å². The van der Waals surface area contributed by atoms with Gasteiger partial charge in [-0.15, -0.1) is 11.3 Å². The Morgan fingerprint density at radius 2 is 1.13 bits per heavy atom. The molecule has 7 aromatic carbocycles. The number of benzene rings is 7. The topological polar surface area (TPSA) is 17.0 Å². The number of thiophene rings is 1. The molecule has 0 radical (unpaired) electrons. The van der Waals surface area contributed by atoms with Crippen LogP contribution in [0, 0.1) is 0 Å². The molecule has 1 N–H and O–H groups in total. The molecule has 0 aliphatic carbocycles. The highest BCUT2D eigenvalue weighted by Gasteiger charge is 2.19. The first-order valence-corrected chi connectivity index (χ1v) is 16.1. The van der Waals surface area contributed by atoms with Gasteiger partial charge in [-0.25, -0.2) is 0 Å². The molecule has 3 heteroatoms. The molecule has 0 amide bonds. The van der Waals surface area contributed by atoms with Crippen LogP contribution in [0.2, 0.25) is 0 Å². The largest absolute Gasteiger partial charge is 0.355 e. The molecular formula is C42H28N2S. The number of aromatic nitrogens is 1. The molecule has 0 unspecified atom stereocenters. The van der Waals surface area contributed by atoms with Gasteiger partial charge in [0.2, 0.25) is 0 Å². The first-order valence-electron chi connectivity index (χ1n) is 15.3. The monoisotopic (exact) mass is 592 g/mol. The van der Waals surface area contributed by atoms with E-state index < -0.39 is 0 Å². The Bertz CT molecular complexity index is 2510. The van der Waals surface area contributed by atoms with Gasteiger partial charge >= 0.3 is 0 Å². The van der Waals surface area contributed by atoms with E-state index in [4.69, 9.17) is 0 Å². The smallest absolute Gasteiger partial charge is 0.0562 e. The van der Waals surface area contributed by atoms with E-state index in [1.807, 2.05) is 11.3 Å². The summed E-state index contributed by atoms with van der Waals surface area (Å²) >= 11 is 1.86. The summed E-state index contributed by atoms with van der Waals surface area (Å²) in [6, 6.07) is 59.0. The Hall–Kier alpha value is -5.64. The lowest BCUT2D eigenvalue weighted by molar-refractivity contribution is 1.18. The van der Waals surface area contributed by atoms with Crippen LogP contribution < -0.4 is 5.32 Å². The molecule has 0 saturated carbocycles. The van der Waals surface area contributed by atoms with Crippen molar-refractivity contribution in [2.24, 2.45) is 0 Å². The van der Waals surface area contributed by atoms with E-state index in [1.54, 1.807) is 0 Å². The minimum Gasteiger partial charge on any atom is -0.355 e. The molecule has 0 aliphatic heterocycles. The van der Waals surface area contributed by atoms with Gasteiger partial charge in [0.05, 0.1) is 11.0 Å². The highest BCUT2D eigenvalue weighted by Crippen LogP contribution is 2.45. The molecule has 2 heterocycles. The van der Waals surface area contributed by atoms with Crippen molar-refractivity contribution < 1.29 is 0 Å². The molecule has 0 aliphatic rings. The van der Waals surface area contributed by atoms with Crippen LogP contribution in [0.5, 0.6) is 0 Å². The van der Waals surface area contributed by atoms with E-state index in [0.29, 0.717) is 0 Å². The Balaban J connectivity index is 1.35. The summed E-state index contributed by atoms with van der Waals surface area (Å²) < 4.78 is 5.03. The molecule has 0 saturated heterocycles. The lowest BCUT2D eigenvalue weighted by Crippen LogP contribution is -1.97. The van der Waals surface area contributed by atoms with Gasteiger partial charge in [-0.1, -0.05) is 109 Å². The van der Waals surface area contributed by atoms with Crippen LogP contribution in [0.3, 0.4) is 0 Å². The predicted molar refractivity (Wildman–Crippen MR) is 194 cm³/mol. The minimum atomic E-state index is 1.06. The first kappa shape index (κ1) is 25.8. The summed E-state index contributed by atoms with van der Waals surface area (Å²) in [5.41, 5.74) is 10.5. The van der Waals surface area contributed by atoms with Gasteiger partial charge in [0.25, 0.3) is 0 Å². The summed E-state index contributed by atoms with van der Waals surface area (Å²) in [5, 5.41) is 8.92. The van der Waals surface area contributed by atoms with Crippen LogP contribution >= 0.6 is 11.3 Å². The van der Waals surface area contributed by atoms with Crippen molar-refractivity contribution >= 4 is 64.7 Å². The van der Waals surface area contributed by atoms with E-state index in [0.717, 1.165) is 17.1 Å². The second kappa shape index (κ2) is 10.5. The van der Waals surface area contributed by atoms with Gasteiger partial charge in [0, 0.05) is 53.6 Å². The average molecular weight is 593 g/mol. The maximum atomic E-state index is 3.82.